The Bertz CT molecular complexity index is 671. The SMILES string of the molecule is COCc1cc(/C(C)=N\Nc2cccc(Cl)c2)ccc1OC. The minimum absolute atomic E-state index is 0.492. The van der Waals surface area contributed by atoms with Gasteiger partial charge in [-0.1, -0.05) is 17.7 Å². The second kappa shape index (κ2) is 7.82. The predicted octanol–water partition coefficient (Wildman–Crippen LogP) is 4.33. The lowest BCUT2D eigenvalue weighted by Crippen LogP contribution is -2.02. The van der Waals surface area contributed by atoms with E-state index in [1.807, 2.05) is 49.4 Å². The normalized spacial score (nSPS) is 11.4. The molecule has 5 heteroatoms. The highest BCUT2D eigenvalue weighted by Gasteiger charge is 2.06. The Hall–Kier alpha value is -2.04. The first-order valence-corrected chi connectivity index (χ1v) is 7.24. The van der Waals surface area contributed by atoms with Crippen molar-refractivity contribution in [2.24, 2.45) is 5.10 Å². The van der Waals surface area contributed by atoms with Crippen molar-refractivity contribution in [2.45, 2.75) is 13.5 Å². The van der Waals surface area contributed by atoms with Gasteiger partial charge in [0.1, 0.15) is 5.75 Å². The van der Waals surface area contributed by atoms with Crippen molar-refractivity contribution in [2.75, 3.05) is 19.6 Å². The molecule has 4 nitrogen and oxygen atoms in total. The third-order valence-corrected chi connectivity index (χ3v) is 3.41. The van der Waals surface area contributed by atoms with Gasteiger partial charge in [0.25, 0.3) is 0 Å². The molecular formula is C17H19ClN2O2. The van der Waals surface area contributed by atoms with E-state index in [1.165, 1.54) is 0 Å². The topological polar surface area (TPSA) is 42.8 Å². The molecule has 1 N–H and O–H groups in total. The Kier molecular flexibility index (Phi) is 5.81. The van der Waals surface area contributed by atoms with Crippen LogP contribution in [0.2, 0.25) is 5.02 Å². The van der Waals surface area contributed by atoms with Crippen LogP contribution < -0.4 is 10.2 Å². The molecular weight excluding hydrogens is 300 g/mol. The second-order valence-corrected chi connectivity index (χ2v) is 5.22. The Morgan fingerprint density at radius 3 is 2.68 bits per heavy atom. The van der Waals surface area contributed by atoms with Crippen LogP contribution in [-0.2, 0) is 11.3 Å². The summed E-state index contributed by atoms with van der Waals surface area (Å²) < 4.78 is 10.5. The summed E-state index contributed by atoms with van der Waals surface area (Å²) in [5, 5.41) is 5.06. The summed E-state index contributed by atoms with van der Waals surface area (Å²) in [4.78, 5) is 0. The number of benzene rings is 2. The van der Waals surface area contributed by atoms with E-state index in [9.17, 15) is 0 Å². The van der Waals surface area contributed by atoms with E-state index in [1.54, 1.807) is 14.2 Å². The third-order valence-electron chi connectivity index (χ3n) is 3.18. The average Bonchev–Trinajstić information content (AvgIpc) is 2.53. The first kappa shape index (κ1) is 16.3. The molecule has 0 aliphatic carbocycles. The van der Waals surface area contributed by atoms with E-state index in [0.29, 0.717) is 11.6 Å². The first-order chi connectivity index (χ1) is 10.6. The monoisotopic (exact) mass is 318 g/mol. The Morgan fingerprint density at radius 1 is 1.18 bits per heavy atom. The summed E-state index contributed by atoms with van der Waals surface area (Å²) in [6.07, 6.45) is 0. The minimum atomic E-state index is 0.492. The number of ether oxygens (including phenoxy) is 2. The Morgan fingerprint density at radius 2 is 2.00 bits per heavy atom. The smallest absolute Gasteiger partial charge is 0.124 e. The number of hydrogen-bond acceptors (Lipinski definition) is 4. The van der Waals surface area contributed by atoms with Crippen LogP contribution in [0.5, 0.6) is 5.75 Å². The van der Waals surface area contributed by atoms with Crippen LogP contribution in [0.15, 0.2) is 47.6 Å². The number of halogens is 1. The number of rotatable bonds is 6. The van der Waals surface area contributed by atoms with E-state index in [4.69, 9.17) is 21.1 Å². The summed E-state index contributed by atoms with van der Waals surface area (Å²) in [5.74, 6) is 0.807. The van der Waals surface area contributed by atoms with Gasteiger partial charge < -0.3 is 9.47 Å². The fourth-order valence-electron chi connectivity index (χ4n) is 2.04. The van der Waals surface area contributed by atoms with E-state index >= 15 is 0 Å². The van der Waals surface area contributed by atoms with Crippen molar-refractivity contribution in [1.29, 1.82) is 0 Å². The highest BCUT2D eigenvalue weighted by atomic mass is 35.5. The number of hydrogen-bond donors (Lipinski definition) is 1. The van der Waals surface area contributed by atoms with Gasteiger partial charge in [-0.15, -0.1) is 0 Å². The Labute approximate surface area is 135 Å². The van der Waals surface area contributed by atoms with E-state index in [0.717, 1.165) is 28.3 Å². The molecule has 0 fully saturated rings. The summed E-state index contributed by atoms with van der Waals surface area (Å²) in [6.45, 7) is 2.43. The fraction of sp³-hybridized carbons (Fsp3) is 0.235. The van der Waals surface area contributed by atoms with Crippen LogP contribution in [0.3, 0.4) is 0 Å². The summed E-state index contributed by atoms with van der Waals surface area (Å²) in [5.41, 5.74) is 6.70. The molecule has 0 aliphatic heterocycles. The van der Waals surface area contributed by atoms with Crippen LogP contribution >= 0.6 is 11.6 Å². The first-order valence-electron chi connectivity index (χ1n) is 6.86. The van der Waals surface area contributed by atoms with Crippen molar-refractivity contribution in [3.8, 4) is 5.75 Å². The van der Waals surface area contributed by atoms with Gasteiger partial charge in [-0.2, -0.15) is 5.10 Å². The molecule has 0 bridgehead atoms. The molecule has 0 amide bonds. The van der Waals surface area contributed by atoms with Gasteiger partial charge in [0, 0.05) is 17.7 Å². The van der Waals surface area contributed by atoms with Crippen LogP contribution in [0.1, 0.15) is 18.1 Å². The lowest BCUT2D eigenvalue weighted by molar-refractivity contribution is 0.181. The van der Waals surface area contributed by atoms with Gasteiger partial charge in [-0.05, 0) is 48.9 Å². The number of nitrogens with one attached hydrogen (secondary N) is 1. The number of anilines is 1. The molecule has 0 atom stereocenters. The molecule has 0 aliphatic rings. The van der Waals surface area contributed by atoms with Crippen LogP contribution in [-0.4, -0.2) is 19.9 Å². The fourth-order valence-corrected chi connectivity index (χ4v) is 2.23. The molecule has 0 saturated heterocycles. The van der Waals surface area contributed by atoms with Crippen LogP contribution in [0, 0.1) is 0 Å². The third kappa shape index (κ3) is 4.23. The molecule has 0 aromatic heterocycles. The molecule has 116 valence electrons. The maximum absolute atomic E-state index is 5.95. The maximum atomic E-state index is 5.95. The van der Waals surface area contributed by atoms with E-state index < -0.39 is 0 Å². The quantitative estimate of drug-likeness (QED) is 0.636. The predicted molar refractivity (Wildman–Crippen MR) is 91.0 cm³/mol. The van der Waals surface area contributed by atoms with Crippen molar-refractivity contribution in [1.82, 2.24) is 0 Å². The van der Waals surface area contributed by atoms with Crippen LogP contribution in [0.25, 0.3) is 0 Å². The van der Waals surface area contributed by atoms with Crippen LogP contribution in [0.4, 0.5) is 5.69 Å². The summed E-state index contributed by atoms with van der Waals surface area (Å²) in [7, 11) is 3.31. The largest absolute Gasteiger partial charge is 0.496 e. The zero-order valence-corrected chi connectivity index (χ0v) is 13.6. The van der Waals surface area contributed by atoms with Gasteiger partial charge in [0.2, 0.25) is 0 Å². The Balaban J connectivity index is 2.19. The van der Waals surface area contributed by atoms with Gasteiger partial charge in [-0.3, -0.25) is 5.43 Å². The number of hydrazone groups is 1. The molecule has 0 radical (unpaired) electrons. The zero-order valence-electron chi connectivity index (χ0n) is 12.9. The van der Waals surface area contributed by atoms with E-state index in [2.05, 4.69) is 10.5 Å². The van der Waals surface area contributed by atoms with Crippen molar-refractivity contribution >= 4 is 23.0 Å². The molecule has 2 aromatic rings. The second-order valence-electron chi connectivity index (χ2n) is 4.78. The van der Waals surface area contributed by atoms with Crippen molar-refractivity contribution in [3.63, 3.8) is 0 Å². The summed E-state index contributed by atoms with van der Waals surface area (Å²) in [6, 6.07) is 13.3. The minimum Gasteiger partial charge on any atom is -0.496 e. The molecule has 0 unspecified atom stereocenters. The molecule has 0 spiro atoms. The van der Waals surface area contributed by atoms with Gasteiger partial charge in [0.05, 0.1) is 25.1 Å². The van der Waals surface area contributed by atoms with Crippen molar-refractivity contribution in [3.05, 3.63) is 58.6 Å². The maximum Gasteiger partial charge on any atom is 0.124 e. The lowest BCUT2D eigenvalue weighted by atomic mass is 10.1. The molecule has 22 heavy (non-hydrogen) atoms. The van der Waals surface area contributed by atoms with Crippen molar-refractivity contribution < 1.29 is 9.47 Å². The lowest BCUT2D eigenvalue weighted by Gasteiger charge is -2.10. The molecule has 2 rings (SSSR count). The number of nitrogens with zero attached hydrogens (tertiary/aromatic N) is 1. The summed E-state index contributed by atoms with van der Waals surface area (Å²) >= 11 is 5.95. The highest BCUT2D eigenvalue weighted by molar-refractivity contribution is 6.30. The average molecular weight is 319 g/mol. The van der Waals surface area contributed by atoms with Gasteiger partial charge in [-0.25, -0.2) is 0 Å². The molecule has 0 heterocycles. The highest BCUT2D eigenvalue weighted by Crippen LogP contribution is 2.21. The number of methoxy groups -OCH3 is 2. The molecule has 0 saturated carbocycles. The standard InChI is InChI=1S/C17H19ClN2O2/c1-12(19-20-16-6-4-5-15(18)10-16)13-7-8-17(22-3)14(9-13)11-21-2/h4-10,20H,11H2,1-3H3/b19-12-. The molecule has 2 aromatic carbocycles. The zero-order chi connectivity index (χ0) is 15.9. The van der Waals surface area contributed by atoms with Gasteiger partial charge >= 0.3 is 0 Å². The van der Waals surface area contributed by atoms with E-state index in [-0.39, 0.29) is 0 Å². The van der Waals surface area contributed by atoms with Gasteiger partial charge in [0.15, 0.2) is 0 Å².